The van der Waals surface area contributed by atoms with Crippen LogP contribution in [0, 0.1) is 0 Å². The topological polar surface area (TPSA) is 572 Å². The lowest BCUT2D eigenvalue weighted by atomic mass is 9.93. The van der Waals surface area contributed by atoms with E-state index < -0.39 is 318 Å². The number of amides is 1. The van der Waals surface area contributed by atoms with Gasteiger partial charge in [0.1, 0.15) is 100 Å². The Morgan fingerprint density at radius 1 is 0.231 bits per heavy atom. The van der Waals surface area contributed by atoms with Crippen LogP contribution in [0.15, 0.2) is 0 Å². The van der Waals surface area contributed by atoms with Gasteiger partial charge in [-0.2, -0.15) is 0 Å². The van der Waals surface area contributed by atoms with E-state index in [1.54, 1.807) is 0 Å². The molecule has 30 atom stereocenters. The maximum atomic E-state index is 14.1. The van der Waals surface area contributed by atoms with Gasteiger partial charge in [-0.1, -0.05) is 0 Å². The van der Waals surface area contributed by atoms with E-state index in [-0.39, 0.29) is 0 Å². The molecule has 13 unspecified atom stereocenters. The summed E-state index contributed by atoms with van der Waals surface area (Å²) in [6.45, 7) is 13.8. The molecule has 6 aliphatic heterocycles. The number of hydrogen-bond acceptors (Lipinski definition) is 45. The number of carbonyl (C=O) groups is 17. The molecule has 0 aromatic heterocycles. The fraction of sp³-hybridized carbons (Fsp3) is 0.761. The van der Waals surface area contributed by atoms with Gasteiger partial charge in [0.15, 0.2) is 105 Å². The molecule has 2 N–H and O–H groups in total. The van der Waals surface area contributed by atoms with Gasteiger partial charge in [-0.3, -0.25) is 81.5 Å². The summed E-state index contributed by atoms with van der Waals surface area (Å²) in [5, 5.41) is 14.5. The highest BCUT2D eigenvalue weighted by atomic mass is 16.8. The zero-order valence-corrected chi connectivity index (χ0v) is 67.3. The summed E-state index contributed by atoms with van der Waals surface area (Å²) in [4.78, 5) is 224. The number of ether oxygens (including phenoxy) is 27. The van der Waals surface area contributed by atoms with Crippen LogP contribution >= 0.6 is 0 Å². The fourth-order valence-corrected chi connectivity index (χ4v) is 13.4. The van der Waals surface area contributed by atoms with Crippen LogP contribution in [-0.2, 0) is 209 Å². The van der Waals surface area contributed by atoms with Gasteiger partial charge in [-0.25, -0.2) is 0 Å². The van der Waals surface area contributed by atoms with Crippen molar-refractivity contribution in [2.75, 3.05) is 33.0 Å². The Balaban J connectivity index is 1.64. The lowest BCUT2D eigenvalue weighted by Gasteiger charge is -2.52. The summed E-state index contributed by atoms with van der Waals surface area (Å²) in [6.07, 6.45) is -58.1. The Labute approximate surface area is 667 Å². The van der Waals surface area contributed by atoms with Gasteiger partial charge in [-0.05, 0) is 13.8 Å². The molecular weight excluding hydrogens is 1590 g/mol. The highest BCUT2D eigenvalue weighted by Gasteiger charge is 2.64. The maximum Gasteiger partial charge on any atom is 0.303 e. The smallest absolute Gasteiger partial charge is 0.303 e. The molecule has 0 aromatic carbocycles. The predicted molar refractivity (Wildman–Crippen MR) is 366 cm³/mol. The first-order valence-corrected chi connectivity index (χ1v) is 36.5. The van der Waals surface area contributed by atoms with Crippen LogP contribution in [0.2, 0.25) is 0 Å². The highest BCUT2D eigenvalue weighted by molar-refractivity contribution is 5.74. The molecule has 658 valence electrons. The zero-order chi connectivity index (χ0) is 87.5. The van der Waals surface area contributed by atoms with Crippen molar-refractivity contribution in [1.82, 2.24) is 5.32 Å². The van der Waals surface area contributed by atoms with E-state index in [2.05, 4.69) is 5.32 Å². The summed E-state index contributed by atoms with van der Waals surface area (Å²) in [7, 11) is 0. The van der Waals surface area contributed by atoms with Crippen molar-refractivity contribution in [2.45, 2.75) is 316 Å². The minimum atomic E-state index is -2.41. The van der Waals surface area contributed by atoms with E-state index in [1.807, 2.05) is 0 Å². The number of nitrogens with one attached hydrogen (secondary N) is 1. The number of hydrogen-bond donors (Lipinski definition) is 2. The van der Waals surface area contributed by atoms with Gasteiger partial charge in [0.2, 0.25) is 5.91 Å². The van der Waals surface area contributed by atoms with Crippen LogP contribution in [0.4, 0.5) is 0 Å². The third-order valence-corrected chi connectivity index (χ3v) is 17.4. The van der Waals surface area contributed by atoms with E-state index in [0.717, 1.165) is 118 Å². The van der Waals surface area contributed by atoms with Gasteiger partial charge < -0.3 is 138 Å². The van der Waals surface area contributed by atoms with Crippen molar-refractivity contribution < 1.29 is 215 Å². The molecule has 0 aromatic rings. The lowest BCUT2D eigenvalue weighted by Crippen LogP contribution is -2.72. The van der Waals surface area contributed by atoms with Crippen LogP contribution < -0.4 is 5.32 Å². The van der Waals surface area contributed by atoms with Crippen molar-refractivity contribution in [3.8, 4) is 0 Å². The third-order valence-electron chi connectivity index (χ3n) is 17.4. The van der Waals surface area contributed by atoms with E-state index in [0.29, 0.717) is 0 Å². The minimum absolute atomic E-state index is 0.663. The first-order valence-electron chi connectivity index (χ1n) is 36.5. The normalized spacial score (nSPS) is 34.5. The standard InChI is InChI=1S/C71H99NO45/c1-25-51(98-33(9)79)50(90)53(44(96-25)20-91-28(4)74)113-69-64(107-42(18)88)61(105-40(16)86)57(48(112-69)24-95-32(8)78)114-70-65(108-43(19)89)62(56(102-37(13)83)47(110-70)23-94-31(7)77)116-67-49(72-27(3)73)58(54(100-35(11)81)45(109-67)21-92-29(5)75)115-71-66(60(104-39(15)85)55(101-36(12)82)46(111-71)22-93-30(6)76)117-68-63(106-41(17)87)59(103-38(14)84)52(26(2)97-68)99-34(10)80/h25-26,44-71,90H,20-24H2,1-19H3,(H,72,73)/t25-,26?,44?,45?,46?,47?,48?,49-,50+,51?,52?,53+,54-,55-,56-,57-,58?,59-,60?,61?,62-,63-,64-,65?,66?,67-,68-,69-,70+,71-/m0/s1. The average Bonchev–Trinajstić information content (AvgIpc) is 0.754. The second-order valence-corrected chi connectivity index (χ2v) is 27.3. The number of rotatable bonds is 32. The quantitative estimate of drug-likeness (QED) is 0.0510. The van der Waals surface area contributed by atoms with E-state index in [1.165, 1.54) is 13.8 Å². The van der Waals surface area contributed by atoms with Crippen LogP contribution in [0.25, 0.3) is 0 Å². The molecule has 6 fully saturated rings. The Kier molecular flexibility index (Phi) is 36.1. The molecule has 0 radical (unpaired) electrons. The molecule has 117 heavy (non-hydrogen) atoms. The van der Waals surface area contributed by atoms with Crippen molar-refractivity contribution in [1.29, 1.82) is 0 Å². The molecule has 0 spiro atoms. The first kappa shape index (κ1) is 96.3. The van der Waals surface area contributed by atoms with Crippen LogP contribution in [0.3, 0.4) is 0 Å². The van der Waals surface area contributed by atoms with Gasteiger partial charge in [0.25, 0.3) is 0 Å². The molecule has 1 amide bonds. The maximum absolute atomic E-state index is 14.1. The summed E-state index contributed by atoms with van der Waals surface area (Å²) in [5.41, 5.74) is 0. The van der Waals surface area contributed by atoms with E-state index >= 15 is 0 Å². The SMILES string of the molecule is CC(=O)N[C@H]1C(O[C@@H]2OC(COC(C)=O)[C@H](OC(C)=O)C(OC(C)=O)C2O[C@@H]2OC(C)C(OC(C)=O)[C@H](OC(C)=O)[C@@H]2OC(C)=O)[C@@H](OC(C)=O)C(COC(C)=O)O[C@H]1O[C@@H]1C(OC(C)=O)[C@@H](O[C@H]2C(COC(C)=O)O[C@@H](O[C@@H]3C(COC(C)=O)O[C@@H](C)C(OC(C)=O)[C@H]3O)[C@@H](OC(C)=O)C2OC(C)=O)OC(COC(C)=O)[C@@H]1OC(C)=O. The molecule has 6 rings (SSSR count). The molecule has 6 aliphatic rings. The molecule has 0 aliphatic carbocycles. The molecule has 46 nitrogen and oxygen atoms in total. The number of carbonyl (C=O) groups excluding carboxylic acids is 17. The van der Waals surface area contributed by atoms with Crippen molar-refractivity contribution >= 4 is 101 Å². The van der Waals surface area contributed by atoms with Crippen molar-refractivity contribution in [3.05, 3.63) is 0 Å². The Morgan fingerprint density at radius 2 is 0.462 bits per heavy atom. The number of esters is 16. The largest absolute Gasteiger partial charge is 0.463 e. The first-order chi connectivity index (χ1) is 54.7. The van der Waals surface area contributed by atoms with Crippen LogP contribution in [0.5, 0.6) is 0 Å². The van der Waals surface area contributed by atoms with Crippen molar-refractivity contribution in [3.63, 3.8) is 0 Å². The summed E-state index contributed by atoms with van der Waals surface area (Å²) in [6, 6.07) is -2.18. The Morgan fingerprint density at radius 3 is 0.829 bits per heavy atom. The molecule has 6 saturated heterocycles. The summed E-state index contributed by atoms with van der Waals surface area (Å²) in [5.74, 6) is -18.4. The minimum Gasteiger partial charge on any atom is -0.463 e. The van der Waals surface area contributed by atoms with E-state index in [4.69, 9.17) is 128 Å². The second kappa shape index (κ2) is 43.8. The monoisotopic (exact) mass is 1690 g/mol. The van der Waals surface area contributed by atoms with E-state index in [9.17, 15) is 86.6 Å². The number of aliphatic hydroxyl groups excluding tert-OH is 1. The zero-order valence-electron chi connectivity index (χ0n) is 67.3. The second-order valence-electron chi connectivity index (χ2n) is 27.3. The van der Waals surface area contributed by atoms with Gasteiger partial charge in [0, 0.05) is 118 Å². The highest BCUT2D eigenvalue weighted by Crippen LogP contribution is 2.42. The average molecular weight is 1690 g/mol. The van der Waals surface area contributed by atoms with Crippen LogP contribution in [0.1, 0.15) is 132 Å². The molecule has 0 saturated carbocycles. The predicted octanol–water partition coefficient (Wildman–Crippen LogP) is -2.73. The van der Waals surface area contributed by atoms with Gasteiger partial charge >= 0.3 is 95.5 Å². The van der Waals surface area contributed by atoms with Crippen LogP contribution in [-0.4, -0.2) is 324 Å². The third kappa shape index (κ3) is 28.1. The lowest BCUT2D eigenvalue weighted by molar-refractivity contribution is -0.392. The fourth-order valence-electron chi connectivity index (χ4n) is 13.4. The summed E-state index contributed by atoms with van der Waals surface area (Å²) >= 11 is 0. The molecular formula is C71H99NO45. The van der Waals surface area contributed by atoms with Gasteiger partial charge in [0.05, 0.1) is 12.2 Å². The molecule has 0 bridgehead atoms. The summed E-state index contributed by atoms with van der Waals surface area (Å²) < 4.78 is 162. The van der Waals surface area contributed by atoms with Crippen molar-refractivity contribution in [2.24, 2.45) is 0 Å². The Bertz CT molecular complexity index is 3570. The molecule has 46 heteroatoms. The Hall–Kier alpha value is -9.49. The van der Waals surface area contributed by atoms with Gasteiger partial charge in [-0.15, -0.1) is 0 Å². The molecule has 6 heterocycles. The number of aliphatic hydroxyl groups is 1.